The number of halogens is 2. The van der Waals surface area contributed by atoms with Gasteiger partial charge in [-0.3, -0.25) is 4.79 Å². The van der Waals surface area contributed by atoms with Gasteiger partial charge in [-0.25, -0.2) is 0 Å². The molecule has 1 saturated heterocycles. The smallest absolute Gasteiger partial charge is 0.223 e. The zero-order valence-electron chi connectivity index (χ0n) is 11.1. The van der Waals surface area contributed by atoms with Crippen molar-refractivity contribution in [3.8, 4) is 5.75 Å². The van der Waals surface area contributed by atoms with Gasteiger partial charge in [0.15, 0.2) is 0 Å². The van der Waals surface area contributed by atoms with E-state index in [2.05, 4.69) is 0 Å². The van der Waals surface area contributed by atoms with Crippen molar-refractivity contribution in [2.75, 3.05) is 19.6 Å². The summed E-state index contributed by atoms with van der Waals surface area (Å²) in [4.78, 5) is 13.7. The van der Waals surface area contributed by atoms with Crippen molar-refractivity contribution in [3.63, 3.8) is 0 Å². The molecule has 20 heavy (non-hydrogen) atoms. The van der Waals surface area contributed by atoms with Gasteiger partial charge in [0.05, 0.1) is 16.6 Å². The SMILES string of the molecule is NCCC(=O)N1CCCC(Oc2ccc(Cl)c(Cl)c2)C1. The van der Waals surface area contributed by atoms with E-state index in [1.165, 1.54) is 0 Å². The van der Waals surface area contributed by atoms with Crippen molar-refractivity contribution >= 4 is 29.1 Å². The first kappa shape index (κ1) is 15.4. The Balaban J connectivity index is 1.95. The predicted molar refractivity (Wildman–Crippen MR) is 80.4 cm³/mol. The molecule has 1 amide bonds. The highest BCUT2D eigenvalue weighted by molar-refractivity contribution is 6.42. The van der Waals surface area contributed by atoms with Gasteiger partial charge in [-0.05, 0) is 25.0 Å². The Kier molecular flexibility index (Phi) is 5.52. The van der Waals surface area contributed by atoms with E-state index in [0.29, 0.717) is 35.3 Å². The topological polar surface area (TPSA) is 55.6 Å². The Morgan fingerprint density at radius 2 is 2.20 bits per heavy atom. The molecular weight excluding hydrogens is 299 g/mol. The molecule has 6 heteroatoms. The summed E-state index contributed by atoms with van der Waals surface area (Å²) in [5.41, 5.74) is 5.42. The summed E-state index contributed by atoms with van der Waals surface area (Å²) in [6.45, 7) is 1.76. The minimum absolute atomic E-state index is 0.0114. The van der Waals surface area contributed by atoms with Gasteiger partial charge in [0.25, 0.3) is 0 Å². The van der Waals surface area contributed by atoms with Crippen molar-refractivity contribution in [2.24, 2.45) is 5.73 Å². The van der Waals surface area contributed by atoms with Crippen LogP contribution in [0.4, 0.5) is 0 Å². The maximum Gasteiger partial charge on any atom is 0.223 e. The van der Waals surface area contributed by atoms with Gasteiger partial charge in [-0.2, -0.15) is 0 Å². The fourth-order valence-corrected chi connectivity index (χ4v) is 2.57. The average Bonchev–Trinajstić information content (AvgIpc) is 2.43. The van der Waals surface area contributed by atoms with Crippen LogP contribution in [0.3, 0.4) is 0 Å². The van der Waals surface area contributed by atoms with Gasteiger partial charge in [0.2, 0.25) is 5.91 Å². The molecule has 1 atom stereocenters. The normalized spacial score (nSPS) is 18.9. The molecule has 1 heterocycles. The second-order valence-corrected chi connectivity index (χ2v) is 5.65. The maximum absolute atomic E-state index is 11.8. The highest BCUT2D eigenvalue weighted by Crippen LogP contribution is 2.28. The van der Waals surface area contributed by atoms with Crippen LogP contribution in [-0.4, -0.2) is 36.5 Å². The molecule has 0 spiro atoms. The number of ether oxygens (including phenoxy) is 1. The van der Waals surface area contributed by atoms with Crippen LogP contribution < -0.4 is 10.5 Å². The van der Waals surface area contributed by atoms with Crippen LogP contribution in [0.25, 0.3) is 0 Å². The predicted octanol–water partition coefficient (Wildman–Crippen LogP) is 2.71. The lowest BCUT2D eigenvalue weighted by Crippen LogP contribution is -2.44. The Morgan fingerprint density at radius 1 is 1.40 bits per heavy atom. The number of hydrogen-bond donors (Lipinski definition) is 1. The Morgan fingerprint density at radius 3 is 2.90 bits per heavy atom. The molecule has 2 rings (SSSR count). The summed E-state index contributed by atoms with van der Waals surface area (Å²) in [6, 6.07) is 5.19. The molecule has 0 radical (unpaired) electrons. The summed E-state index contributed by atoms with van der Waals surface area (Å²) in [6.07, 6.45) is 2.23. The number of hydrogen-bond acceptors (Lipinski definition) is 3. The van der Waals surface area contributed by atoms with Crippen LogP contribution in [0.15, 0.2) is 18.2 Å². The summed E-state index contributed by atoms with van der Waals surface area (Å²) in [5, 5.41) is 0.971. The molecule has 0 saturated carbocycles. The van der Waals surface area contributed by atoms with Crippen LogP contribution in [0.5, 0.6) is 5.75 Å². The summed E-state index contributed by atoms with van der Waals surface area (Å²) in [7, 11) is 0. The number of benzene rings is 1. The van der Waals surface area contributed by atoms with Crippen molar-refractivity contribution < 1.29 is 9.53 Å². The second-order valence-electron chi connectivity index (χ2n) is 4.84. The molecular formula is C14H18Cl2N2O2. The largest absolute Gasteiger partial charge is 0.489 e. The third-order valence-corrected chi connectivity index (χ3v) is 4.02. The van der Waals surface area contributed by atoms with Crippen molar-refractivity contribution in [1.82, 2.24) is 4.90 Å². The zero-order valence-corrected chi connectivity index (χ0v) is 12.7. The molecule has 4 nitrogen and oxygen atoms in total. The van der Waals surface area contributed by atoms with E-state index in [-0.39, 0.29) is 12.0 Å². The van der Waals surface area contributed by atoms with E-state index >= 15 is 0 Å². The first-order valence-electron chi connectivity index (χ1n) is 6.69. The molecule has 2 N–H and O–H groups in total. The van der Waals surface area contributed by atoms with Crippen LogP contribution in [-0.2, 0) is 4.79 Å². The highest BCUT2D eigenvalue weighted by atomic mass is 35.5. The highest BCUT2D eigenvalue weighted by Gasteiger charge is 2.24. The average molecular weight is 317 g/mol. The molecule has 1 aliphatic heterocycles. The third kappa shape index (κ3) is 4.01. The minimum Gasteiger partial charge on any atom is -0.489 e. The lowest BCUT2D eigenvalue weighted by molar-refractivity contribution is -0.133. The molecule has 0 aromatic heterocycles. The Bertz CT molecular complexity index is 482. The number of nitrogens with two attached hydrogens (primary N) is 1. The number of carbonyl (C=O) groups excluding carboxylic acids is 1. The maximum atomic E-state index is 11.8. The monoisotopic (exact) mass is 316 g/mol. The van der Waals surface area contributed by atoms with E-state index in [4.69, 9.17) is 33.7 Å². The van der Waals surface area contributed by atoms with Gasteiger partial charge in [-0.15, -0.1) is 0 Å². The van der Waals surface area contributed by atoms with Crippen molar-refractivity contribution in [3.05, 3.63) is 28.2 Å². The lowest BCUT2D eigenvalue weighted by Gasteiger charge is -2.33. The number of rotatable bonds is 4. The standard InChI is InChI=1S/C14H18Cl2N2O2/c15-12-4-3-10(8-13(12)16)20-11-2-1-7-18(9-11)14(19)5-6-17/h3-4,8,11H,1-2,5-7,9,17H2. The molecule has 1 fully saturated rings. The summed E-state index contributed by atoms with van der Waals surface area (Å²) in [5.74, 6) is 0.771. The number of carbonyl (C=O) groups is 1. The number of amides is 1. The van der Waals surface area contributed by atoms with Crippen molar-refractivity contribution in [1.29, 1.82) is 0 Å². The molecule has 1 aromatic rings. The van der Waals surface area contributed by atoms with Crippen LogP contribution >= 0.6 is 23.2 Å². The number of nitrogens with zero attached hydrogens (tertiary/aromatic N) is 1. The van der Waals surface area contributed by atoms with E-state index in [0.717, 1.165) is 19.4 Å². The lowest BCUT2D eigenvalue weighted by atomic mass is 10.1. The fourth-order valence-electron chi connectivity index (χ4n) is 2.29. The van der Waals surface area contributed by atoms with E-state index in [1.807, 2.05) is 4.90 Å². The van der Waals surface area contributed by atoms with Gasteiger partial charge in [-0.1, -0.05) is 23.2 Å². The van der Waals surface area contributed by atoms with Crippen LogP contribution in [0.1, 0.15) is 19.3 Å². The van der Waals surface area contributed by atoms with Gasteiger partial charge < -0.3 is 15.4 Å². The van der Waals surface area contributed by atoms with Crippen LogP contribution in [0.2, 0.25) is 10.0 Å². The quantitative estimate of drug-likeness (QED) is 0.929. The number of piperidine rings is 1. The van der Waals surface area contributed by atoms with Gasteiger partial charge in [0.1, 0.15) is 11.9 Å². The molecule has 1 aromatic carbocycles. The zero-order chi connectivity index (χ0) is 14.5. The minimum atomic E-state index is -0.0114. The first-order valence-corrected chi connectivity index (χ1v) is 7.45. The fraction of sp³-hybridized carbons (Fsp3) is 0.500. The molecule has 1 aliphatic rings. The van der Waals surface area contributed by atoms with Gasteiger partial charge in [0, 0.05) is 25.6 Å². The molecule has 1 unspecified atom stereocenters. The van der Waals surface area contributed by atoms with E-state index in [1.54, 1.807) is 18.2 Å². The van der Waals surface area contributed by atoms with E-state index < -0.39 is 0 Å². The molecule has 0 bridgehead atoms. The Hall–Kier alpha value is -0.970. The summed E-state index contributed by atoms with van der Waals surface area (Å²) >= 11 is 11.8. The summed E-state index contributed by atoms with van der Waals surface area (Å²) < 4.78 is 5.88. The second kappa shape index (κ2) is 7.16. The third-order valence-electron chi connectivity index (χ3n) is 3.28. The Labute approximate surface area is 128 Å². The number of likely N-dealkylation sites (tertiary alicyclic amines) is 1. The first-order chi connectivity index (χ1) is 9.60. The van der Waals surface area contributed by atoms with Gasteiger partial charge >= 0.3 is 0 Å². The van der Waals surface area contributed by atoms with Crippen LogP contribution in [0, 0.1) is 0 Å². The molecule has 0 aliphatic carbocycles. The van der Waals surface area contributed by atoms with Crippen molar-refractivity contribution in [2.45, 2.75) is 25.4 Å². The van der Waals surface area contributed by atoms with E-state index in [9.17, 15) is 4.79 Å². The molecule has 110 valence electrons.